The lowest BCUT2D eigenvalue weighted by Crippen LogP contribution is -2.41. The summed E-state index contributed by atoms with van der Waals surface area (Å²) in [6.45, 7) is 6.23. The van der Waals surface area contributed by atoms with Crippen molar-refractivity contribution < 1.29 is 13.9 Å². The highest BCUT2D eigenvalue weighted by molar-refractivity contribution is 5.89. The first kappa shape index (κ1) is 17.1. The number of benzene rings is 1. The number of rotatable bonds is 5. The molecule has 0 saturated carbocycles. The Bertz CT molecular complexity index is 754. The van der Waals surface area contributed by atoms with E-state index >= 15 is 0 Å². The second-order valence-electron chi connectivity index (χ2n) is 6.40. The number of hydrogen-bond acceptors (Lipinski definition) is 5. The van der Waals surface area contributed by atoms with Crippen LogP contribution in [0.3, 0.4) is 0 Å². The summed E-state index contributed by atoms with van der Waals surface area (Å²) in [6, 6.07) is 9.45. The highest BCUT2D eigenvalue weighted by atomic mass is 19.1. The molecule has 1 saturated heterocycles. The molecule has 0 radical (unpaired) electrons. The van der Waals surface area contributed by atoms with Crippen LogP contribution in [0.2, 0.25) is 0 Å². The second-order valence-corrected chi connectivity index (χ2v) is 6.40. The molecule has 0 spiro atoms. The average Bonchev–Trinajstić information content (AvgIpc) is 2.89. The van der Waals surface area contributed by atoms with Crippen LogP contribution in [-0.4, -0.2) is 28.2 Å². The van der Waals surface area contributed by atoms with Crippen LogP contribution < -0.4 is 10.2 Å². The van der Waals surface area contributed by atoms with Gasteiger partial charge in [0.1, 0.15) is 6.10 Å². The van der Waals surface area contributed by atoms with Crippen LogP contribution in [0.1, 0.15) is 26.3 Å². The van der Waals surface area contributed by atoms with Crippen molar-refractivity contribution in [2.24, 2.45) is 5.92 Å². The number of ether oxygens (including phenoxy) is 1. The van der Waals surface area contributed by atoms with Crippen molar-refractivity contribution in [1.29, 1.82) is 0 Å². The summed E-state index contributed by atoms with van der Waals surface area (Å²) in [5, 5.41) is 3.05. The number of nitrogens with one attached hydrogen (secondary N) is 1. The van der Waals surface area contributed by atoms with E-state index in [-0.39, 0.29) is 29.8 Å². The fourth-order valence-electron chi connectivity index (χ4n) is 3.07. The maximum absolute atomic E-state index is 14.3. The van der Waals surface area contributed by atoms with Gasteiger partial charge in [-0.2, -0.15) is 4.98 Å². The molecular formula is C18H21FN4O2. The number of hydrogen-bond donors (Lipinski definition) is 1. The van der Waals surface area contributed by atoms with E-state index in [2.05, 4.69) is 15.3 Å². The predicted octanol–water partition coefficient (Wildman–Crippen LogP) is 3.60. The molecule has 2 heterocycles. The van der Waals surface area contributed by atoms with Crippen LogP contribution in [0.25, 0.3) is 0 Å². The van der Waals surface area contributed by atoms with Gasteiger partial charge in [0.25, 0.3) is 0 Å². The van der Waals surface area contributed by atoms with Crippen LogP contribution in [0.15, 0.2) is 36.5 Å². The van der Waals surface area contributed by atoms with E-state index in [1.54, 1.807) is 6.92 Å². The van der Waals surface area contributed by atoms with Gasteiger partial charge in [-0.25, -0.2) is 14.2 Å². The lowest BCUT2D eigenvalue weighted by molar-refractivity contribution is 0.136. The number of carbonyl (C=O) groups excluding carboxylic acids is 1. The molecule has 1 aromatic heterocycles. The number of halogens is 1. The fraction of sp³-hybridized carbons (Fsp3) is 0.389. The number of aromatic nitrogens is 2. The van der Waals surface area contributed by atoms with Gasteiger partial charge in [0, 0.05) is 6.54 Å². The first-order chi connectivity index (χ1) is 12.0. The maximum Gasteiger partial charge on any atom is 0.416 e. The molecule has 1 aliphatic rings. The first-order valence-corrected chi connectivity index (χ1v) is 8.27. The van der Waals surface area contributed by atoms with Gasteiger partial charge in [-0.1, -0.05) is 44.2 Å². The minimum absolute atomic E-state index is 0.0568. The van der Waals surface area contributed by atoms with E-state index < -0.39 is 11.9 Å². The third-order valence-electron chi connectivity index (χ3n) is 4.19. The smallest absolute Gasteiger partial charge is 0.416 e. The molecule has 1 fully saturated rings. The molecule has 1 N–H and O–H groups in total. The van der Waals surface area contributed by atoms with E-state index in [1.165, 1.54) is 4.90 Å². The zero-order valence-electron chi connectivity index (χ0n) is 14.4. The van der Waals surface area contributed by atoms with E-state index in [0.717, 1.165) is 11.8 Å². The Kier molecular flexibility index (Phi) is 4.83. The predicted molar refractivity (Wildman–Crippen MR) is 92.8 cm³/mol. The summed E-state index contributed by atoms with van der Waals surface area (Å²) in [5.74, 6) is -0.354. The van der Waals surface area contributed by atoms with Crippen LogP contribution in [0, 0.1) is 11.7 Å². The van der Waals surface area contributed by atoms with Crippen LogP contribution >= 0.6 is 0 Å². The van der Waals surface area contributed by atoms with E-state index in [4.69, 9.17) is 4.74 Å². The molecule has 3 rings (SSSR count). The van der Waals surface area contributed by atoms with Crippen LogP contribution in [0.4, 0.5) is 21.0 Å². The molecule has 25 heavy (non-hydrogen) atoms. The summed E-state index contributed by atoms with van der Waals surface area (Å²) in [4.78, 5) is 21.7. The van der Waals surface area contributed by atoms with Gasteiger partial charge in [-0.15, -0.1) is 0 Å². The molecule has 1 amide bonds. The summed E-state index contributed by atoms with van der Waals surface area (Å²) < 4.78 is 19.6. The lowest BCUT2D eigenvalue weighted by Gasteiger charge is -2.26. The number of amides is 1. The third kappa shape index (κ3) is 3.55. The van der Waals surface area contributed by atoms with Gasteiger partial charge in [0.15, 0.2) is 11.6 Å². The zero-order valence-corrected chi connectivity index (χ0v) is 14.4. The van der Waals surface area contributed by atoms with E-state index in [9.17, 15) is 9.18 Å². The number of cyclic esters (lactones) is 1. The molecule has 132 valence electrons. The zero-order chi connectivity index (χ0) is 18.0. The molecule has 1 aromatic carbocycles. The Hall–Kier alpha value is -2.70. The average molecular weight is 344 g/mol. The normalized spacial score (nSPS) is 20.0. The Morgan fingerprint density at radius 3 is 2.72 bits per heavy atom. The molecule has 7 heteroatoms. The van der Waals surface area contributed by atoms with Crippen molar-refractivity contribution in [2.75, 3.05) is 10.2 Å². The van der Waals surface area contributed by atoms with Gasteiger partial charge in [-0.3, -0.25) is 4.90 Å². The number of carbonyl (C=O) groups is 1. The Balaban J connectivity index is 1.85. The monoisotopic (exact) mass is 344 g/mol. The summed E-state index contributed by atoms with van der Waals surface area (Å²) >= 11 is 0. The van der Waals surface area contributed by atoms with Gasteiger partial charge in [0.05, 0.1) is 12.2 Å². The molecule has 1 aliphatic heterocycles. The second kappa shape index (κ2) is 7.04. The minimum atomic E-state index is -0.651. The van der Waals surface area contributed by atoms with Gasteiger partial charge in [0.2, 0.25) is 5.95 Å². The van der Waals surface area contributed by atoms with Gasteiger partial charge >= 0.3 is 6.09 Å². The van der Waals surface area contributed by atoms with Crippen molar-refractivity contribution in [1.82, 2.24) is 9.97 Å². The van der Waals surface area contributed by atoms with Gasteiger partial charge < -0.3 is 10.1 Å². The molecule has 2 atom stereocenters. The molecular weight excluding hydrogens is 323 g/mol. The quantitative estimate of drug-likeness (QED) is 0.898. The molecule has 2 aromatic rings. The highest BCUT2D eigenvalue weighted by Gasteiger charge is 2.43. The van der Waals surface area contributed by atoms with Crippen molar-refractivity contribution >= 4 is 17.9 Å². The van der Waals surface area contributed by atoms with E-state index in [1.807, 2.05) is 44.2 Å². The largest absolute Gasteiger partial charge is 0.444 e. The Morgan fingerprint density at radius 2 is 2.04 bits per heavy atom. The Morgan fingerprint density at radius 1 is 1.32 bits per heavy atom. The van der Waals surface area contributed by atoms with Crippen molar-refractivity contribution in [2.45, 2.75) is 39.5 Å². The lowest BCUT2D eigenvalue weighted by atomic mass is 9.99. The standard InChI is InChI=1S/C18H21FN4O2/c1-11(2)15-12(3)25-18(24)23(15)16-14(19)10-21-17(22-16)20-9-13-7-5-4-6-8-13/h4-8,10-12,15H,9H2,1-3H3,(H,20,21,22). The minimum Gasteiger partial charge on any atom is -0.444 e. The highest BCUT2D eigenvalue weighted by Crippen LogP contribution is 2.31. The topological polar surface area (TPSA) is 67.3 Å². The first-order valence-electron chi connectivity index (χ1n) is 8.27. The molecule has 0 aliphatic carbocycles. The van der Waals surface area contributed by atoms with Gasteiger partial charge in [-0.05, 0) is 18.4 Å². The fourth-order valence-corrected chi connectivity index (χ4v) is 3.07. The SMILES string of the molecule is CC(C)C1C(C)OC(=O)N1c1nc(NCc2ccccc2)ncc1F. The van der Waals surface area contributed by atoms with E-state index in [0.29, 0.717) is 6.54 Å². The van der Waals surface area contributed by atoms with Crippen molar-refractivity contribution in [3.8, 4) is 0 Å². The molecule has 0 bridgehead atoms. The van der Waals surface area contributed by atoms with Crippen LogP contribution in [-0.2, 0) is 11.3 Å². The molecule has 2 unspecified atom stereocenters. The Labute approximate surface area is 146 Å². The molecule has 6 nitrogen and oxygen atoms in total. The summed E-state index contributed by atoms with van der Waals surface area (Å²) in [6.07, 6.45) is 0.156. The van der Waals surface area contributed by atoms with Crippen molar-refractivity contribution in [3.63, 3.8) is 0 Å². The number of anilines is 2. The van der Waals surface area contributed by atoms with Crippen molar-refractivity contribution in [3.05, 3.63) is 47.9 Å². The summed E-state index contributed by atoms with van der Waals surface area (Å²) in [7, 11) is 0. The summed E-state index contributed by atoms with van der Waals surface area (Å²) in [5.41, 5.74) is 1.05. The maximum atomic E-state index is 14.3. The van der Waals surface area contributed by atoms with Crippen LogP contribution in [0.5, 0.6) is 0 Å². The number of nitrogens with zero attached hydrogens (tertiary/aromatic N) is 3. The third-order valence-corrected chi connectivity index (χ3v) is 4.19.